The molecule has 0 bridgehead atoms. The minimum absolute atomic E-state index is 0.0941. The molecule has 0 saturated carbocycles. The highest BCUT2D eigenvalue weighted by Gasteiger charge is 2.40. The molecule has 5 nitrogen and oxygen atoms in total. The molecule has 23 heavy (non-hydrogen) atoms. The Labute approximate surface area is 138 Å². The standard InChI is InChI=1S/C18H27N3O2/c1-14(15-8-6-5-7-9-15)19-16(22)18(2,3)17(23)21-12-10-20(4)11-13-21/h5-9,14H,10-13H2,1-4H3,(H,19,22). The van der Waals surface area contributed by atoms with Crippen LogP contribution in [0.3, 0.4) is 0 Å². The van der Waals surface area contributed by atoms with Gasteiger partial charge in [-0.25, -0.2) is 0 Å². The van der Waals surface area contributed by atoms with Gasteiger partial charge in [0.2, 0.25) is 11.8 Å². The highest BCUT2D eigenvalue weighted by molar-refractivity contribution is 6.04. The van der Waals surface area contributed by atoms with Crippen LogP contribution in [-0.2, 0) is 9.59 Å². The predicted octanol–water partition coefficient (Wildman–Crippen LogP) is 1.66. The molecule has 5 heteroatoms. The molecule has 1 aromatic carbocycles. The van der Waals surface area contributed by atoms with Crippen molar-refractivity contribution in [1.82, 2.24) is 15.1 Å². The summed E-state index contributed by atoms with van der Waals surface area (Å²) in [5.41, 5.74) is -0.0254. The maximum absolute atomic E-state index is 12.7. The van der Waals surface area contributed by atoms with Gasteiger partial charge in [-0.3, -0.25) is 9.59 Å². The van der Waals surface area contributed by atoms with E-state index in [4.69, 9.17) is 0 Å². The molecule has 0 spiro atoms. The number of likely N-dealkylation sites (N-methyl/N-ethyl adjacent to an activating group) is 1. The van der Waals surface area contributed by atoms with Crippen molar-refractivity contribution in [3.63, 3.8) is 0 Å². The van der Waals surface area contributed by atoms with Crippen LogP contribution >= 0.6 is 0 Å². The molecule has 1 aliphatic rings. The summed E-state index contributed by atoms with van der Waals surface area (Å²) in [5.74, 6) is -0.318. The van der Waals surface area contributed by atoms with E-state index in [9.17, 15) is 9.59 Å². The molecule has 0 aromatic heterocycles. The number of amides is 2. The van der Waals surface area contributed by atoms with Crippen molar-refractivity contribution >= 4 is 11.8 Å². The largest absolute Gasteiger partial charge is 0.349 e. The van der Waals surface area contributed by atoms with Crippen molar-refractivity contribution in [2.75, 3.05) is 33.2 Å². The first-order valence-corrected chi connectivity index (χ1v) is 8.16. The second kappa shape index (κ2) is 7.13. The third kappa shape index (κ3) is 4.10. The van der Waals surface area contributed by atoms with Crippen LogP contribution in [0.1, 0.15) is 32.4 Å². The number of piperazine rings is 1. The Morgan fingerprint density at radius 1 is 1.09 bits per heavy atom. The number of hydrogen-bond donors (Lipinski definition) is 1. The Bertz CT molecular complexity index is 549. The van der Waals surface area contributed by atoms with Crippen molar-refractivity contribution in [3.8, 4) is 0 Å². The monoisotopic (exact) mass is 317 g/mol. The molecule has 1 heterocycles. The number of carbonyl (C=O) groups excluding carboxylic acids is 2. The molecule has 1 unspecified atom stereocenters. The van der Waals surface area contributed by atoms with Crippen LogP contribution in [0.5, 0.6) is 0 Å². The van der Waals surface area contributed by atoms with Gasteiger partial charge in [-0.15, -0.1) is 0 Å². The topological polar surface area (TPSA) is 52.7 Å². The smallest absolute Gasteiger partial charge is 0.237 e. The van der Waals surface area contributed by atoms with Crippen LogP contribution in [0.15, 0.2) is 30.3 Å². The molecule has 0 aliphatic carbocycles. The Morgan fingerprint density at radius 3 is 2.22 bits per heavy atom. The Balaban J connectivity index is 2.00. The lowest BCUT2D eigenvalue weighted by Gasteiger charge is -2.37. The zero-order chi connectivity index (χ0) is 17.0. The van der Waals surface area contributed by atoms with Gasteiger partial charge in [0.25, 0.3) is 0 Å². The van der Waals surface area contributed by atoms with E-state index in [1.54, 1.807) is 18.7 Å². The van der Waals surface area contributed by atoms with Crippen molar-refractivity contribution < 1.29 is 9.59 Å². The second-order valence-corrected chi connectivity index (χ2v) is 6.83. The summed E-state index contributed by atoms with van der Waals surface area (Å²) < 4.78 is 0. The lowest BCUT2D eigenvalue weighted by molar-refractivity contribution is -0.150. The van der Waals surface area contributed by atoms with Gasteiger partial charge in [0, 0.05) is 26.2 Å². The third-order valence-corrected chi connectivity index (χ3v) is 4.54. The zero-order valence-corrected chi connectivity index (χ0v) is 14.5. The number of rotatable bonds is 4. The average Bonchev–Trinajstić information content (AvgIpc) is 2.55. The van der Waals surface area contributed by atoms with E-state index >= 15 is 0 Å². The summed E-state index contributed by atoms with van der Waals surface area (Å²) in [5, 5.41) is 2.97. The number of nitrogens with zero attached hydrogens (tertiary/aromatic N) is 2. The van der Waals surface area contributed by atoms with Crippen LogP contribution < -0.4 is 5.32 Å². The summed E-state index contributed by atoms with van der Waals surface area (Å²) in [6.45, 7) is 8.42. The maximum Gasteiger partial charge on any atom is 0.237 e. The van der Waals surface area contributed by atoms with Gasteiger partial charge in [0.1, 0.15) is 5.41 Å². The van der Waals surface area contributed by atoms with Gasteiger partial charge >= 0.3 is 0 Å². The quantitative estimate of drug-likeness (QED) is 0.860. The van der Waals surface area contributed by atoms with Crippen LogP contribution in [-0.4, -0.2) is 54.8 Å². The zero-order valence-electron chi connectivity index (χ0n) is 14.5. The predicted molar refractivity (Wildman–Crippen MR) is 90.9 cm³/mol. The summed E-state index contributed by atoms with van der Waals surface area (Å²) in [6.07, 6.45) is 0. The molecular formula is C18H27N3O2. The fourth-order valence-electron chi connectivity index (χ4n) is 2.70. The molecule has 0 radical (unpaired) electrons. The van der Waals surface area contributed by atoms with E-state index in [0.29, 0.717) is 13.1 Å². The SMILES string of the molecule is CC(NC(=O)C(C)(C)C(=O)N1CCN(C)CC1)c1ccccc1. The molecule has 1 saturated heterocycles. The van der Waals surface area contributed by atoms with Crippen LogP contribution in [0.25, 0.3) is 0 Å². The van der Waals surface area contributed by atoms with Crippen molar-refractivity contribution in [1.29, 1.82) is 0 Å². The minimum atomic E-state index is -1.06. The fourth-order valence-corrected chi connectivity index (χ4v) is 2.70. The van der Waals surface area contributed by atoms with Gasteiger partial charge in [-0.1, -0.05) is 30.3 Å². The second-order valence-electron chi connectivity index (χ2n) is 6.83. The molecule has 1 fully saturated rings. The van der Waals surface area contributed by atoms with E-state index in [0.717, 1.165) is 18.7 Å². The first-order chi connectivity index (χ1) is 10.8. The van der Waals surface area contributed by atoms with E-state index in [1.165, 1.54) is 0 Å². The fraction of sp³-hybridized carbons (Fsp3) is 0.556. The molecule has 1 aliphatic heterocycles. The number of benzene rings is 1. The Morgan fingerprint density at radius 2 is 1.65 bits per heavy atom. The van der Waals surface area contributed by atoms with Gasteiger partial charge in [-0.2, -0.15) is 0 Å². The van der Waals surface area contributed by atoms with Crippen LogP contribution in [0, 0.1) is 5.41 Å². The van der Waals surface area contributed by atoms with Crippen molar-refractivity contribution in [2.24, 2.45) is 5.41 Å². The normalized spacial score (nSPS) is 17.7. The number of hydrogen-bond acceptors (Lipinski definition) is 3. The van der Waals surface area contributed by atoms with E-state index in [2.05, 4.69) is 10.2 Å². The highest BCUT2D eigenvalue weighted by Crippen LogP contribution is 2.22. The molecular weight excluding hydrogens is 290 g/mol. The van der Waals surface area contributed by atoms with Gasteiger partial charge in [0.15, 0.2) is 0 Å². The van der Waals surface area contributed by atoms with E-state index < -0.39 is 5.41 Å². The van der Waals surface area contributed by atoms with Crippen LogP contribution in [0.2, 0.25) is 0 Å². The summed E-state index contributed by atoms with van der Waals surface area (Å²) >= 11 is 0. The highest BCUT2D eigenvalue weighted by atomic mass is 16.2. The first-order valence-electron chi connectivity index (χ1n) is 8.16. The molecule has 2 amide bonds. The Hall–Kier alpha value is -1.88. The van der Waals surface area contributed by atoms with Crippen molar-refractivity contribution in [2.45, 2.75) is 26.8 Å². The lowest BCUT2D eigenvalue weighted by atomic mass is 9.89. The number of nitrogens with one attached hydrogen (secondary N) is 1. The number of carbonyl (C=O) groups is 2. The molecule has 126 valence electrons. The van der Waals surface area contributed by atoms with Gasteiger partial charge < -0.3 is 15.1 Å². The molecule has 1 atom stereocenters. The Kier molecular flexibility index (Phi) is 5.42. The van der Waals surface area contributed by atoms with Gasteiger partial charge in [-0.05, 0) is 33.4 Å². The molecule has 2 rings (SSSR count). The van der Waals surface area contributed by atoms with Crippen LogP contribution in [0.4, 0.5) is 0 Å². The molecule has 1 N–H and O–H groups in total. The average molecular weight is 317 g/mol. The summed E-state index contributed by atoms with van der Waals surface area (Å²) in [4.78, 5) is 29.3. The molecule has 1 aromatic rings. The summed E-state index contributed by atoms with van der Waals surface area (Å²) in [7, 11) is 2.04. The third-order valence-electron chi connectivity index (χ3n) is 4.54. The minimum Gasteiger partial charge on any atom is -0.349 e. The first kappa shape index (κ1) is 17.5. The maximum atomic E-state index is 12.7. The lowest BCUT2D eigenvalue weighted by Crippen LogP contribution is -2.55. The summed E-state index contributed by atoms with van der Waals surface area (Å²) in [6, 6.07) is 9.65. The van der Waals surface area contributed by atoms with Crippen molar-refractivity contribution in [3.05, 3.63) is 35.9 Å². The van der Waals surface area contributed by atoms with Gasteiger partial charge in [0.05, 0.1) is 6.04 Å². The van der Waals surface area contributed by atoms with E-state index in [1.807, 2.05) is 44.3 Å². The van der Waals surface area contributed by atoms with E-state index in [-0.39, 0.29) is 17.9 Å².